The van der Waals surface area contributed by atoms with Crippen LogP contribution in [-0.2, 0) is 9.68 Å². The van der Waals surface area contributed by atoms with Crippen molar-refractivity contribution < 1.29 is 19.3 Å². The molecule has 0 bridgehead atoms. The number of hydrogen-bond donors (Lipinski definition) is 2. The van der Waals surface area contributed by atoms with Gasteiger partial charge in [-0.3, -0.25) is 9.68 Å². The molecule has 0 atom stereocenters. The van der Waals surface area contributed by atoms with Gasteiger partial charge in [0.25, 0.3) is 0 Å². The van der Waals surface area contributed by atoms with E-state index in [-0.39, 0.29) is 12.1 Å². The Morgan fingerprint density at radius 3 is 1.54 bits per heavy atom. The summed E-state index contributed by atoms with van der Waals surface area (Å²) in [6, 6.07) is 13.5. The first-order chi connectivity index (χ1) is 13.3. The number of rotatable bonds is 4. The van der Waals surface area contributed by atoms with E-state index in [1.807, 2.05) is 12.1 Å². The molecule has 0 aliphatic rings. The molecule has 8 nitrogen and oxygen atoms in total. The molecule has 4 amide bonds. The van der Waals surface area contributed by atoms with Crippen molar-refractivity contribution in [3.8, 4) is 0 Å². The third-order valence-electron chi connectivity index (χ3n) is 3.31. The highest BCUT2D eigenvalue weighted by Crippen LogP contribution is 2.14. The van der Waals surface area contributed by atoms with E-state index in [9.17, 15) is 9.59 Å². The van der Waals surface area contributed by atoms with Gasteiger partial charge in [-0.05, 0) is 48.5 Å². The first kappa shape index (κ1) is 23.7. The molecule has 0 unspecified atom stereocenters. The summed E-state index contributed by atoms with van der Waals surface area (Å²) >= 11 is 9.00. The molecule has 0 aromatic heterocycles. The summed E-state index contributed by atoms with van der Waals surface area (Å²) in [6.07, 6.45) is 0. The lowest BCUT2D eigenvalue weighted by atomic mass is 10.3. The highest BCUT2D eigenvalue weighted by molar-refractivity contribution is 9.10. The summed E-state index contributed by atoms with van der Waals surface area (Å²) in [6.45, 7) is 0. The number of amides is 4. The monoisotopic (exact) mass is 472 g/mol. The maximum Gasteiger partial charge on any atom is 0.345 e. The number of nitrogens with one attached hydrogen (secondary N) is 2. The molecule has 2 aromatic rings. The second kappa shape index (κ2) is 12.2. The highest BCUT2D eigenvalue weighted by atomic mass is 79.9. The molecule has 0 saturated carbocycles. The van der Waals surface area contributed by atoms with E-state index in [0.717, 1.165) is 20.3 Å². The van der Waals surface area contributed by atoms with Crippen molar-refractivity contribution in [1.29, 1.82) is 0 Å². The molecule has 2 rings (SSSR count). The summed E-state index contributed by atoms with van der Waals surface area (Å²) in [7, 11) is 5.90. The SMILES string of the molecule is CON(C)C(=O)Nc1ccc(Br)cc1.CON(C)C(=O)Nc1ccc(Cl)cc1. The van der Waals surface area contributed by atoms with Crippen LogP contribution >= 0.6 is 27.5 Å². The molecule has 0 saturated heterocycles. The van der Waals surface area contributed by atoms with Gasteiger partial charge in [0.15, 0.2) is 0 Å². The maximum atomic E-state index is 11.3. The van der Waals surface area contributed by atoms with Gasteiger partial charge in [0.2, 0.25) is 0 Å². The molecule has 0 heterocycles. The lowest BCUT2D eigenvalue weighted by molar-refractivity contribution is -0.0598. The Balaban J connectivity index is 0.000000280. The van der Waals surface area contributed by atoms with E-state index in [1.165, 1.54) is 28.3 Å². The number of carbonyl (C=O) groups excluding carboxylic acids is 2. The predicted molar refractivity (Wildman–Crippen MR) is 113 cm³/mol. The third-order valence-corrected chi connectivity index (χ3v) is 4.09. The van der Waals surface area contributed by atoms with Crippen molar-refractivity contribution in [2.75, 3.05) is 38.9 Å². The standard InChI is InChI=1S/C9H11BrN2O2.C9H11ClN2O2/c2*1-12(14-2)9(13)11-8-5-3-7(10)4-6-8/h2*3-6H,1-2H3,(H,11,13). The Bertz CT molecular complexity index is 694. The first-order valence-corrected chi connectivity index (χ1v) is 9.12. The molecule has 28 heavy (non-hydrogen) atoms. The average Bonchev–Trinajstić information content (AvgIpc) is 2.70. The van der Waals surface area contributed by atoms with Crippen LogP contribution in [0.2, 0.25) is 5.02 Å². The van der Waals surface area contributed by atoms with Crippen LogP contribution in [0.3, 0.4) is 0 Å². The normalized spacial score (nSPS) is 9.64. The fourth-order valence-corrected chi connectivity index (χ4v) is 2.03. The molecular weight excluding hydrogens is 452 g/mol. The van der Waals surface area contributed by atoms with Gasteiger partial charge in [0, 0.05) is 35.0 Å². The average molecular weight is 474 g/mol. The van der Waals surface area contributed by atoms with Crippen molar-refractivity contribution >= 4 is 51.0 Å². The molecule has 2 aromatic carbocycles. The smallest absolute Gasteiger partial charge is 0.306 e. The van der Waals surface area contributed by atoms with Crippen LogP contribution in [0.1, 0.15) is 0 Å². The van der Waals surface area contributed by atoms with Crippen molar-refractivity contribution in [2.45, 2.75) is 0 Å². The zero-order chi connectivity index (χ0) is 21.1. The first-order valence-electron chi connectivity index (χ1n) is 7.95. The topological polar surface area (TPSA) is 83.1 Å². The number of hydrogen-bond acceptors (Lipinski definition) is 4. The minimum Gasteiger partial charge on any atom is -0.306 e. The Hall–Kier alpha value is -2.33. The molecule has 10 heteroatoms. The lowest BCUT2D eigenvalue weighted by Crippen LogP contribution is -2.30. The molecule has 0 radical (unpaired) electrons. The zero-order valence-electron chi connectivity index (χ0n) is 15.9. The second-order valence-corrected chi connectivity index (χ2v) is 6.59. The molecule has 0 spiro atoms. The van der Waals surface area contributed by atoms with E-state index >= 15 is 0 Å². The summed E-state index contributed by atoms with van der Waals surface area (Å²) < 4.78 is 0.968. The quantitative estimate of drug-likeness (QED) is 0.623. The summed E-state index contributed by atoms with van der Waals surface area (Å²) in [5.41, 5.74) is 1.39. The molecule has 0 aliphatic heterocycles. The summed E-state index contributed by atoms with van der Waals surface area (Å²) in [5, 5.41) is 8.12. The van der Waals surface area contributed by atoms with E-state index in [0.29, 0.717) is 10.7 Å². The fraction of sp³-hybridized carbons (Fsp3) is 0.222. The van der Waals surface area contributed by atoms with Crippen molar-refractivity contribution in [3.05, 3.63) is 58.0 Å². The number of urea groups is 2. The largest absolute Gasteiger partial charge is 0.345 e. The maximum absolute atomic E-state index is 11.3. The number of benzene rings is 2. The predicted octanol–water partition coefficient (Wildman–Crippen LogP) is 4.84. The van der Waals surface area contributed by atoms with Crippen LogP contribution in [0.25, 0.3) is 0 Å². The van der Waals surface area contributed by atoms with Gasteiger partial charge in [-0.15, -0.1) is 0 Å². The van der Waals surface area contributed by atoms with E-state index in [1.54, 1.807) is 36.4 Å². The van der Waals surface area contributed by atoms with Crippen LogP contribution < -0.4 is 10.6 Å². The number of nitrogens with zero attached hydrogens (tertiary/aromatic N) is 2. The van der Waals surface area contributed by atoms with Gasteiger partial charge in [0.05, 0.1) is 14.2 Å². The Kier molecular flexibility index (Phi) is 10.3. The number of hydroxylamine groups is 4. The van der Waals surface area contributed by atoms with Crippen LogP contribution in [0.4, 0.5) is 21.0 Å². The highest BCUT2D eigenvalue weighted by Gasteiger charge is 2.07. The lowest BCUT2D eigenvalue weighted by Gasteiger charge is -2.14. The van der Waals surface area contributed by atoms with Gasteiger partial charge < -0.3 is 10.6 Å². The fourth-order valence-electron chi connectivity index (χ4n) is 1.64. The van der Waals surface area contributed by atoms with Gasteiger partial charge >= 0.3 is 12.1 Å². The summed E-state index contributed by atoms with van der Waals surface area (Å²) in [4.78, 5) is 32.0. The minimum absolute atomic E-state index is 0.310. The molecular formula is C18H22BrClN4O4. The molecule has 0 fully saturated rings. The second-order valence-electron chi connectivity index (χ2n) is 5.23. The van der Waals surface area contributed by atoms with Gasteiger partial charge in [-0.25, -0.2) is 19.7 Å². The van der Waals surface area contributed by atoms with Gasteiger partial charge in [-0.1, -0.05) is 27.5 Å². The molecule has 0 aliphatic carbocycles. The number of halogens is 2. The van der Waals surface area contributed by atoms with E-state index in [2.05, 4.69) is 26.6 Å². The number of carbonyl (C=O) groups is 2. The van der Waals surface area contributed by atoms with Crippen molar-refractivity contribution in [2.24, 2.45) is 0 Å². The third kappa shape index (κ3) is 8.57. The van der Waals surface area contributed by atoms with Crippen molar-refractivity contribution in [3.63, 3.8) is 0 Å². The van der Waals surface area contributed by atoms with Crippen LogP contribution in [0.5, 0.6) is 0 Å². The van der Waals surface area contributed by atoms with E-state index in [4.69, 9.17) is 21.3 Å². The van der Waals surface area contributed by atoms with Gasteiger partial charge in [-0.2, -0.15) is 0 Å². The van der Waals surface area contributed by atoms with Crippen LogP contribution in [0.15, 0.2) is 53.0 Å². The number of anilines is 2. The van der Waals surface area contributed by atoms with Gasteiger partial charge in [0.1, 0.15) is 0 Å². The molecule has 152 valence electrons. The molecule has 2 N–H and O–H groups in total. The Morgan fingerprint density at radius 2 is 1.18 bits per heavy atom. The minimum atomic E-state index is -0.338. The zero-order valence-corrected chi connectivity index (χ0v) is 18.2. The van der Waals surface area contributed by atoms with Crippen LogP contribution in [0, 0.1) is 0 Å². The van der Waals surface area contributed by atoms with Crippen molar-refractivity contribution in [1.82, 2.24) is 10.1 Å². The van der Waals surface area contributed by atoms with E-state index < -0.39 is 0 Å². The Morgan fingerprint density at radius 1 is 0.821 bits per heavy atom. The summed E-state index contributed by atoms with van der Waals surface area (Å²) in [5.74, 6) is 0. The van der Waals surface area contributed by atoms with Crippen LogP contribution in [-0.4, -0.2) is 50.5 Å². The Labute approximate surface area is 177 Å².